The number of fused-ring (bicyclic) bond motifs is 1. The van der Waals surface area contributed by atoms with Gasteiger partial charge in [-0.15, -0.1) is 18.3 Å². The summed E-state index contributed by atoms with van der Waals surface area (Å²) in [4.78, 5) is 18.9. The Morgan fingerprint density at radius 2 is 2.04 bits per heavy atom. The minimum atomic E-state index is -0.210. The summed E-state index contributed by atoms with van der Waals surface area (Å²) in [7, 11) is 0. The van der Waals surface area contributed by atoms with Gasteiger partial charge in [0.05, 0.1) is 10.2 Å². The van der Waals surface area contributed by atoms with E-state index < -0.39 is 0 Å². The van der Waals surface area contributed by atoms with E-state index in [2.05, 4.69) is 41.3 Å². The minimum Gasteiger partial charge on any atom is -0.312 e. The highest BCUT2D eigenvalue weighted by Crippen LogP contribution is 2.21. The number of rotatable bonds is 7. The molecule has 27 heavy (non-hydrogen) atoms. The molecule has 0 saturated carbocycles. The number of aromatic nitrogens is 1. The highest BCUT2D eigenvalue weighted by atomic mass is 32.2. The second-order valence-electron chi connectivity index (χ2n) is 6.34. The maximum absolute atomic E-state index is 12.6. The lowest BCUT2D eigenvalue weighted by Crippen LogP contribution is -2.16. The Balaban J connectivity index is 2.02. The molecule has 140 valence electrons. The summed E-state index contributed by atoms with van der Waals surface area (Å²) in [5.41, 5.74) is 3.05. The maximum Gasteiger partial charge on any atom is 0.279 e. The molecule has 0 unspecified atom stereocenters. The van der Waals surface area contributed by atoms with Crippen LogP contribution in [-0.4, -0.2) is 16.7 Å². The van der Waals surface area contributed by atoms with Gasteiger partial charge in [0.2, 0.25) is 0 Å². The number of hydrogen-bond donors (Lipinski definition) is 0. The molecule has 0 fully saturated rings. The van der Waals surface area contributed by atoms with E-state index >= 15 is 0 Å². The first kappa shape index (κ1) is 19.6. The van der Waals surface area contributed by atoms with Crippen molar-refractivity contribution in [1.29, 1.82) is 0 Å². The molecule has 5 heteroatoms. The van der Waals surface area contributed by atoms with Crippen molar-refractivity contribution in [2.45, 2.75) is 37.6 Å². The van der Waals surface area contributed by atoms with Gasteiger partial charge in [-0.05, 0) is 61.1 Å². The molecule has 0 saturated heterocycles. The van der Waals surface area contributed by atoms with Crippen LogP contribution in [0, 0.1) is 0 Å². The molecule has 1 amide bonds. The number of carbonyl (C=O) groups excluding carboxylic acids is 1. The van der Waals surface area contributed by atoms with Crippen LogP contribution in [0.1, 0.15) is 35.7 Å². The number of hydrogen-bond acceptors (Lipinski definition) is 3. The summed E-state index contributed by atoms with van der Waals surface area (Å²) in [6.07, 6.45) is 7.31. The average molecular weight is 397 g/mol. The number of carbonyl (C=O) groups is 1. The first-order chi connectivity index (χ1) is 13.2. The third-order valence-corrected chi connectivity index (χ3v) is 6.20. The first-order valence-corrected chi connectivity index (χ1v) is 11.2. The molecule has 1 aromatic heterocycles. The molecule has 0 bridgehead atoms. The van der Waals surface area contributed by atoms with E-state index in [0.717, 1.165) is 26.3 Å². The monoisotopic (exact) mass is 396 g/mol. The summed E-state index contributed by atoms with van der Waals surface area (Å²) in [6, 6.07) is 14.1. The van der Waals surface area contributed by atoms with E-state index in [1.54, 1.807) is 23.1 Å². The minimum absolute atomic E-state index is 0.210. The Labute approximate surface area is 168 Å². The van der Waals surface area contributed by atoms with Gasteiger partial charge in [0.1, 0.15) is 0 Å². The molecule has 2 aromatic carbocycles. The Morgan fingerprint density at radius 1 is 1.26 bits per heavy atom. The highest BCUT2D eigenvalue weighted by Gasteiger charge is 2.09. The second-order valence-corrected chi connectivity index (χ2v) is 8.22. The standard InChI is InChI=1S/C22H24N2OS2/c1-4-6-7-16-8-13-19-20(15-16)27-22(24(19)14-5-2)23-21(25)17-9-11-18(26-3)12-10-17/h5,8-13,15H,2,4,6-7,14H2,1,3H3. The molecule has 3 rings (SSSR count). The molecule has 0 aliphatic heterocycles. The van der Waals surface area contributed by atoms with Crippen LogP contribution in [0.25, 0.3) is 10.2 Å². The first-order valence-electron chi connectivity index (χ1n) is 9.12. The number of nitrogens with zero attached hydrogens (tertiary/aromatic N) is 2. The molecular weight excluding hydrogens is 372 g/mol. The number of aryl methyl sites for hydroxylation is 1. The van der Waals surface area contributed by atoms with Crippen LogP contribution in [-0.2, 0) is 13.0 Å². The zero-order chi connectivity index (χ0) is 19.2. The lowest BCUT2D eigenvalue weighted by atomic mass is 10.1. The molecule has 0 aliphatic rings. The predicted octanol–water partition coefficient (Wildman–Crippen LogP) is 5.69. The van der Waals surface area contributed by atoms with Gasteiger partial charge in [0.15, 0.2) is 4.80 Å². The van der Waals surface area contributed by atoms with Crippen LogP contribution in [0.3, 0.4) is 0 Å². The van der Waals surface area contributed by atoms with E-state index in [1.807, 2.05) is 36.6 Å². The molecule has 0 radical (unpaired) electrons. The number of amides is 1. The SMILES string of the molecule is C=CCn1c(=NC(=O)c2ccc(SC)cc2)sc2cc(CCCC)ccc21. The van der Waals surface area contributed by atoms with Crippen LogP contribution < -0.4 is 4.80 Å². The van der Waals surface area contributed by atoms with Crippen LogP contribution >= 0.6 is 23.1 Å². The Kier molecular flexibility index (Phi) is 6.69. The van der Waals surface area contributed by atoms with Crippen molar-refractivity contribution < 1.29 is 4.79 Å². The number of allylic oxidation sites excluding steroid dienone is 1. The molecule has 0 N–H and O–H groups in total. The smallest absolute Gasteiger partial charge is 0.279 e. The third-order valence-electron chi connectivity index (χ3n) is 4.41. The molecule has 3 nitrogen and oxygen atoms in total. The number of thiazole rings is 1. The summed E-state index contributed by atoms with van der Waals surface area (Å²) >= 11 is 3.22. The highest BCUT2D eigenvalue weighted by molar-refractivity contribution is 7.98. The van der Waals surface area contributed by atoms with Gasteiger partial charge in [0, 0.05) is 17.0 Å². The molecule has 3 aromatic rings. The summed E-state index contributed by atoms with van der Waals surface area (Å²) in [6.45, 7) is 6.69. The van der Waals surface area contributed by atoms with Crippen LogP contribution in [0.2, 0.25) is 0 Å². The third kappa shape index (κ3) is 4.60. The quantitative estimate of drug-likeness (QED) is 0.379. The van der Waals surface area contributed by atoms with Crippen molar-refractivity contribution in [1.82, 2.24) is 4.57 Å². The van der Waals surface area contributed by atoms with Crippen molar-refractivity contribution in [2.24, 2.45) is 4.99 Å². The molecular formula is C22H24N2OS2. The maximum atomic E-state index is 12.6. The van der Waals surface area contributed by atoms with E-state index in [-0.39, 0.29) is 5.91 Å². The number of thioether (sulfide) groups is 1. The van der Waals surface area contributed by atoms with Gasteiger partial charge in [-0.1, -0.05) is 36.8 Å². The molecule has 0 spiro atoms. The van der Waals surface area contributed by atoms with Crippen molar-refractivity contribution in [2.75, 3.05) is 6.26 Å². The zero-order valence-electron chi connectivity index (χ0n) is 15.8. The van der Waals surface area contributed by atoms with Crippen molar-refractivity contribution in [3.8, 4) is 0 Å². The van der Waals surface area contributed by atoms with E-state index in [0.29, 0.717) is 12.1 Å². The summed E-state index contributed by atoms with van der Waals surface area (Å²) < 4.78 is 3.22. The molecule has 0 atom stereocenters. The summed E-state index contributed by atoms with van der Waals surface area (Å²) in [5, 5.41) is 0. The topological polar surface area (TPSA) is 34.4 Å². The Morgan fingerprint density at radius 3 is 2.70 bits per heavy atom. The Bertz CT molecular complexity index is 1010. The van der Waals surface area contributed by atoms with Gasteiger partial charge in [0.25, 0.3) is 5.91 Å². The van der Waals surface area contributed by atoms with Crippen molar-refractivity contribution >= 4 is 39.2 Å². The predicted molar refractivity (Wildman–Crippen MR) is 117 cm³/mol. The van der Waals surface area contributed by atoms with E-state index in [1.165, 1.54) is 18.4 Å². The van der Waals surface area contributed by atoms with Crippen molar-refractivity contribution in [3.05, 3.63) is 71.0 Å². The Hall–Kier alpha value is -2.11. The fourth-order valence-corrected chi connectivity index (χ4v) is 4.44. The van der Waals surface area contributed by atoms with Crippen molar-refractivity contribution in [3.63, 3.8) is 0 Å². The van der Waals surface area contributed by atoms with Crippen LogP contribution in [0.5, 0.6) is 0 Å². The van der Waals surface area contributed by atoms with E-state index in [9.17, 15) is 4.79 Å². The number of unbranched alkanes of at least 4 members (excludes halogenated alkanes) is 1. The summed E-state index contributed by atoms with van der Waals surface area (Å²) in [5.74, 6) is -0.210. The van der Waals surface area contributed by atoms with Gasteiger partial charge in [-0.2, -0.15) is 4.99 Å². The second kappa shape index (κ2) is 9.20. The van der Waals surface area contributed by atoms with Gasteiger partial charge in [-0.3, -0.25) is 4.79 Å². The molecule has 0 aliphatic carbocycles. The fourth-order valence-electron chi connectivity index (χ4n) is 2.93. The lowest BCUT2D eigenvalue weighted by Gasteiger charge is -2.03. The van der Waals surface area contributed by atoms with Gasteiger partial charge < -0.3 is 4.57 Å². The van der Waals surface area contributed by atoms with Gasteiger partial charge >= 0.3 is 0 Å². The van der Waals surface area contributed by atoms with Crippen LogP contribution in [0.4, 0.5) is 0 Å². The normalized spacial score (nSPS) is 11.9. The number of benzene rings is 2. The molecule has 1 heterocycles. The largest absolute Gasteiger partial charge is 0.312 e. The van der Waals surface area contributed by atoms with Gasteiger partial charge in [-0.25, -0.2) is 0 Å². The van der Waals surface area contributed by atoms with Crippen LogP contribution in [0.15, 0.2) is 65.0 Å². The van der Waals surface area contributed by atoms with E-state index in [4.69, 9.17) is 0 Å². The fraction of sp³-hybridized carbons (Fsp3) is 0.273. The lowest BCUT2D eigenvalue weighted by molar-refractivity contribution is 0.0998. The average Bonchev–Trinajstić information content (AvgIpc) is 3.03. The zero-order valence-corrected chi connectivity index (χ0v) is 17.4.